The van der Waals surface area contributed by atoms with Gasteiger partial charge in [-0.25, -0.2) is 0 Å². The highest BCUT2D eigenvalue weighted by molar-refractivity contribution is 5.94. The zero-order valence-corrected chi connectivity index (χ0v) is 14.7. The van der Waals surface area contributed by atoms with Crippen molar-refractivity contribution in [2.75, 3.05) is 13.1 Å². The molecule has 2 heterocycles. The van der Waals surface area contributed by atoms with Crippen LogP contribution in [0, 0.1) is 6.92 Å². The summed E-state index contributed by atoms with van der Waals surface area (Å²) in [5.41, 5.74) is 2.78. The molecule has 132 valence electrons. The number of rotatable bonds is 3. The number of likely N-dealkylation sites (tertiary alicyclic amines) is 1. The number of para-hydroxylation sites is 1. The van der Waals surface area contributed by atoms with E-state index in [2.05, 4.69) is 15.5 Å². The summed E-state index contributed by atoms with van der Waals surface area (Å²) < 4.78 is 1.78. The lowest BCUT2D eigenvalue weighted by Crippen LogP contribution is -2.39. The Morgan fingerprint density at radius 3 is 2.77 bits per heavy atom. The molecule has 0 spiro atoms. The maximum Gasteiger partial charge on any atom is 0.253 e. The van der Waals surface area contributed by atoms with Crippen LogP contribution in [-0.4, -0.2) is 44.1 Å². The summed E-state index contributed by atoms with van der Waals surface area (Å²) >= 11 is 0. The molecule has 0 bridgehead atoms. The lowest BCUT2D eigenvalue weighted by atomic mass is 9.96. The molecular weight excluding hydrogens is 326 g/mol. The average Bonchev–Trinajstić information content (AvgIpc) is 3.18. The molecule has 1 atom stereocenters. The summed E-state index contributed by atoms with van der Waals surface area (Å²) in [5.74, 6) is 1.03. The van der Waals surface area contributed by atoms with E-state index in [4.69, 9.17) is 0 Å². The number of amides is 1. The minimum Gasteiger partial charge on any atom is -0.338 e. The van der Waals surface area contributed by atoms with Crippen LogP contribution in [0.3, 0.4) is 0 Å². The number of hydrogen-bond acceptors (Lipinski definition) is 4. The molecule has 6 heteroatoms. The summed E-state index contributed by atoms with van der Waals surface area (Å²) in [6.07, 6.45) is 1.93. The van der Waals surface area contributed by atoms with E-state index in [1.165, 1.54) is 0 Å². The van der Waals surface area contributed by atoms with E-state index in [-0.39, 0.29) is 11.8 Å². The second-order valence-corrected chi connectivity index (χ2v) is 6.74. The third-order valence-electron chi connectivity index (χ3n) is 4.83. The first-order valence-electron chi connectivity index (χ1n) is 8.92. The van der Waals surface area contributed by atoms with E-state index in [1.807, 2.05) is 66.4 Å². The van der Waals surface area contributed by atoms with E-state index in [9.17, 15) is 4.79 Å². The normalized spacial score (nSPS) is 17.3. The van der Waals surface area contributed by atoms with Crippen LogP contribution in [0.4, 0.5) is 0 Å². The van der Waals surface area contributed by atoms with Gasteiger partial charge in [0.25, 0.3) is 5.91 Å². The van der Waals surface area contributed by atoms with Crippen molar-refractivity contribution in [3.63, 3.8) is 0 Å². The van der Waals surface area contributed by atoms with Crippen LogP contribution in [-0.2, 0) is 0 Å². The molecule has 1 aliphatic rings. The second kappa shape index (κ2) is 7.07. The fourth-order valence-corrected chi connectivity index (χ4v) is 3.53. The van der Waals surface area contributed by atoms with E-state index >= 15 is 0 Å². The molecule has 0 saturated carbocycles. The zero-order valence-electron chi connectivity index (χ0n) is 14.7. The van der Waals surface area contributed by atoms with Gasteiger partial charge in [-0.15, -0.1) is 5.10 Å². The topological polar surface area (TPSA) is 63.9 Å². The predicted octanol–water partition coefficient (Wildman–Crippen LogP) is 2.99. The molecule has 0 aliphatic carbocycles. The summed E-state index contributed by atoms with van der Waals surface area (Å²) in [5, 5.41) is 12.3. The quantitative estimate of drug-likeness (QED) is 0.731. The Kier molecular flexibility index (Phi) is 4.48. The van der Waals surface area contributed by atoms with E-state index < -0.39 is 0 Å². The predicted molar refractivity (Wildman–Crippen MR) is 98.2 cm³/mol. The molecule has 6 nitrogen and oxygen atoms in total. The minimum atomic E-state index is 0.0807. The molecule has 1 amide bonds. The Balaban J connectivity index is 1.57. The molecule has 0 radical (unpaired) electrons. The van der Waals surface area contributed by atoms with Crippen LogP contribution >= 0.6 is 0 Å². The molecule has 1 fully saturated rings. The largest absolute Gasteiger partial charge is 0.338 e. The number of piperidine rings is 1. The second-order valence-electron chi connectivity index (χ2n) is 6.74. The molecule has 3 aromatic rings. The highest BCUT2D eigenvalue weighted by Gasteiger charge is 2.29. The van der Waals surface area contributed by atoms with Crippen LogP contribution in [0.15, 0.2) is 54.6 Å². The lowest BCUT2D eigenvalue weighted by Gasteiger charge is -2.32. The monoisotopic (exact) mass is 347 g/mol. The molecule has 1 aromatic heterocycles. The van der Waals surface area contributed by atoms with E-state index in [0.29, 0.717) is 6.54 Å². The highest BCUT2D eigenvalue weighted by Crippen LogP contribution is 2.27. The van der Waals surface area contributed by atoms with Crippen molar-refractivity contribution in [2.45, 2.75) is 25.7 Å². The number of benzene rings is 2. The molecule has 4 rings (SSSR count). The standard InChI is InChI=1S/C20H21N5O/c1-15-7-5-8-16(13-15)20(26)24-12-6-9-17(14-24)19-21-22-23-25(19)18-10-3-2-4-11-18/h2-5,7-8,10-11,13,17H,6,9,12,14H2,1H3. The van der Waals surface area contributed by atoms with Crippen LogP contribution in [0.5, 0.6) is 0 Å². The molecule has 1 aliphatic heterocycles. The van der Waals surface area contributed by atoms with E-state index in [1.54, 1.807) is 4.68 Å². The third-order valence-corrected chi connectivity index (χ3v) is 4.83. The number of carbonyl (C=O) groups excluding carboxylic acids is 1. The van der Waals surface area contributed by atoms with Crippen molar-refractivity contribution in [1.82, 2.24) is 25.1 Å². The van der Waals surface area contributed by atoms with Gasteiger partial charge in [-0.2, -0.15) is 4.68 Å². The summed E-state index contributed by atoms with van der Waals surface area (Å²) in [6.45, 7) is 3.42. The number of aromatic nitrogens is 4. The molecule has 0 N–H and O–H groups in total. The maximum atomic E-state index is 12.9. The molecular formula is C20H21N5O. The molecule has 1 saturated heterocycles. The Morgan fingerprint density at radius 2 is 1.96 bits per heavy atom. The minimum absolute atomic E-state index is 0.0807. The Hall–Kier alpha value is -3.02. The first-order valence-corrected chi connectivity index (χ1v) is 8.92. The Labute approximate surface area is 152 Å². The van der Waals surface area contributed by atoms with Gasteiger partial charge in [0.1, 0.15) is 0 Å². The number of nitrogens with zero attached hydrogens (tertiary/aromatic N) is 5. The fraction of sp³-hybridized carbons (Fsp3) is 0.300. The van der Waals surface area contributed by atoms with Crippen molar-refractivity contribution in [1.29, 1.82) is 0 Å². The van der Waals surface area contributed by atoms with E-state index in [0.717, 1.165) is 42.0 Å². The van der Waals surface area contributed by atoms with Crippen molar-refractivity contribution >= 4 is 5.91 Å². The maximum absolute atomic E-state index is 12.9. The van der Waals surface area contributed by atoms with Gasteiger partial charge in [-0.1, -0.05) is 35.9 Å². The van der Waals surface area contributed by atoms with Crippen molar-refractivity contribution in [2.24, 2.45) is 0 Å². The fourth-order valence-electron chi connectivity index (χ4n) is 3.53. The van der Waals surface area contributed by atoms with Gasteiger partial charge in [-0.05, 0) is 54.5 Å². The van der Waals surface area contributed by atoms with Crippen molar-refractivity contribution in [3.8, 4) is 5.69 Å². The Bertz CT molecular complexity index is 905. The van der Waals surface area contributed by atoms with Gasteiger partial charge in [0.15, 0.2) is 5.82 Å². The third kappa shape index (κ3) is 3.22. The number of hydrogen-bond donors (Lipinski definition) is 0. The molecule has 2 aromatic carbocycles. The summed E-state index contributed by atoms with van der Waals surface area (Å²) in [6, 6.07) is 17.6. The Morgan fingerprint density at radius 1 is 1.12 bits per heavy atom. The smallest absolute Gasteiger partial charge is 0.253 e. The lowest BCUT2D eigenvalue weighted by molar-refractivity contribution is 0.0703. The zero-order chi connectivity index (χ0) is 17.9. The van der Waals surface area contributed by atoms with Gasteiger partial charge < -0.3 is 4.90 Å². The average molecular weight is 347 g/mol. The first-order chi connectivity index (χ1) is 12.7. The number of carbonyl (C=O) groups is 1. The van der Waals surface area contributed by atoms with Gasteiger partial charge in [0.2, 0.25) is 0 Å². The van der Waals surface area contributed by atoms with Crippen LogP contribution < -0.4 is 0 Å². The van der Waals surface area contributed by atoms with Gasteiger partial charge in [0, 0.05) is 24.6 Å². The SMILES string of the molecule is Cc1cccc(C(=O)N2CCCC(c3nnnn3-c3ccccc3)C2)c1. The summed E-state index contributed by atoms with van der Waals surface area (Å²) in [7, 11) is 0. The van der Waals surface area contributed by atoms with Gasteiger partial charge in [0.05, 0.1) is 5.69 Å². The van der Waals surface area contributed by atoms with Gasteiger partial charge in [-0.3, -0.25) is 4.79 Å². The first kappa shape index (κ1) is 16.4. The molecule has 1 unspecified atom stereocenters. The highest BCUT2D eigenvalue weighted by atomic mass is 16.2. The van der Waals surface area contributed by atoms with Crippen LogP contribution in [0.1, 0.15) is 40.5 Å². The summed E-state index contributed by atoms with van der Waals surface area (Å²) in [4.78, 5) is 14.8. The van der Waals surface area contributed by atoms with Crippen molar-refractivity contribution < 1.29 is 4.79 Å². The number of aryl methyl sites for hydroxylation is 1. The van der Waals surface area contributed by atoms with Crippen LogP contribution in [0.2, 0.25) is 0 Å². The van der Waals surface area contributed by atoms with Crippen LogP contribution in [0.25, 0.3) is 5.69 Å². The van der Waals surface area contributed by atoms with Crippen molar-refractivity contribution in [3.05, 3.63) is 71.5 Å². The van der Waals surface area contributed by atoms with Gasteiger partial charge >= 0.3 is 0 Å². The number of tetrazole rings is 1. The molecule has 26 heavy (non-hydrogen) atoms.